The van der Waals surface area contributed by atoms with E-state index in [2.05, 4.69) is 0 Å². The Balaban J connectivity index is 2.43. The number of hydrogen-bond donors (Lipinski definition) is 1. The predicted molar refractivity (Wildman–Crippen MR) is 66.4 cm³/mol. The Bertz CT molecular complexity index is 446. The summed E-state index contributed by atoms with van der Waals surface area (Å²) in [6.45, 7) is 0. The average Bonchev–Trinajstić information content (AvgIpc) is 2.60. The molecule has 1 aromatic rings. The molecule has 0 bridgehead atoms. The normalized spacial score (nSPS) is 20.6. The second-order valence-corrected chi connectivity index (χ2v) is 7.82. The van der Waals surface area contributed by atoms with Crippen LogP contribution < -0.4 is 5.73 Å². The Morgan fingerprint density at radius 1 is 1.50 bits per heavy atom. The van der Waals surface area contributed by atoms with Gasteiger partial charge in [0.2, 0.25) is 0 Å². The van der Waals surface area contributed by atoms with Crippen molar-refractivity contribution in [3.8, 4) is 0 Å². The molecule has 1 aliphatic rings. The molecular formula is C11H16N2O2S. The van der Waals surface area contributed by atoms with Crippen molar-refractivity contribution < 1.29 is 4.33 Å². The molecule has 0 spiro atoms. The largest absolute Gasteiger partial charge is 0.324 e. The van der Waals surface area contributed by atoms with Crippen LogP contribution in [0.4, 0.5) is 0 Å². The monoisotopic (exact) mass is 240 g/mol. The van der Waals surface area contributed by atoms with Crippen LogP contribution in [0.3, 0.4) is 0 Å². The van der Waals surface area contributed by atoms with Gasteiger partial charge in [-0.25, -0.2) is 0 Å². The summed E-state index contributed by atoms with van der Waals surface area (Å²) in [7, 11) is -1.93. The smallest absolute Gasteiger partial charge is 0.0751 e. The Hall–Kier alpha value is -1.07. The lowest BCUT2D eigenvalue weighted by molar-refractivity contribution is -0.295. The summed E-state index contributed by atoms with van der Waals surface area (Å²) in [6, 6.07) is 5.90. The lowest BCUT2D eigenvalue weighted by Crippen LogP contribution is -2.09. The maximum atomic E-state index is 11.0. The van der Waals surface area contributed by atoms with E-state index in [9.17, 15) is 10.1 Å². The molecule has 0 saturated carbocycles. The van der Waals surface area contributed by atoms with Gasteiger partial charge in [-0.3, -0.25) is 10.1 Å². The first-order valence-corrected chi connectivity index (χ1v) is 7.60. The third-order valence-corrected chi connectivity index (χ3v) is 5.34. The number of fused-ring (bicyclic) bond motifs is 1. The average molecular weight is 240 g/mol. The lowest BCUT2D eigenvalue weighted by atomic mass is 10.1. The fourth-order valence-corrected chi connectivity index (χ4v) is 3.03. The Morgan fingerprint density at radius 2 is 2.19 bits per heavy atom. The maximum absolute atomic E-state index is 11.0. The molecule has 0 heterocycles. The van der Waals surface area contributed by atoms with Gasteiger partial charge in [0.1, 0.15) is 0 Å². The van der Waals surface area contributed by atoms with Crippen LogP contribution in [0, 0.1) is 10.1 Å². The van der Waals surface area contributed by atoms with E-state index >= 15 is 0 Å². The SMILES string of the molecule is CS(C)(c1ccc2c(c1)CC[C@@H]2N)[N+](=O)[O-]. The minimum Gasteiger partial charge on any atom is -0.324 e. The number of nitro groups is 1. The van der Waals surface area contributed by atoms with Gasteiger partial charge in [0.25, 0.3) is 0 Å². The Kier molecular flexibility index (Phi) is 2.67. The molecule has 0 aromatic heterocycles. The molecule has 1 atom stereocenters. The highest BCUT2D eigenvalue weighted by atomic mass is 32.3. The molecule has 4 nitrogen and oxygen atoms in total. The minimum atomic E-state index is -1.93. The van der Waals surface area contributed by atoms with Crippen LogP contribution in [-0.4, -0.2) is 16.8 Å². The van der Waals surface area contributed by atoms with Crippen molar-refractivity contribution in [1.29, 1.82) is 0 Å². The van der Waals surface area contributed by atoms with Crippen molar-refractivity contribution in [2.75, 3.05) is 12.5 Å². The molecule has 1 aliphatic carbocycles. The van der Waals surface area contributed by atoms with Gasteiger partial charge in [-0.1, -0.05) is 6.07 Å². The van der Waals surface area contributed by atoms with E-state index in [0.29, 0.717) is 0 Å². The zero-order valence-corrected chi connectivity index (χ0v) is 10.3. The quantitative estimate of drug-likeness (QED) is 0.636. The first-order valence-electron chi connectivity index (χ1n) is 5.19. The maximum Gasteiger partial charge on any atom is 0.0751 e. The number of aryl methyl sites for hydroxylation is 1. The van der Waals surface area contributed by atoms with Crippen LogP contribution in [0.1, 0.15) is 23.6 Å². The second-order valence-electron chi connectivity index (χ2n) is 4.50. The summed E-state index contributed by atoms with van der Waals surface area (Å²) in [5.74, 6) is 0. The van der Waals surface area contributed by atoms with Crippen molar-refractivity contribution in [1.82, 2.24) is 0 Å². The molecule has 2 rings (SSSR count). The summed E-state index contributed by atoms with van der Waals surface area (Å²) in [6.07, 6.45) is 5.32. The van der Waals surface area contributed by atoms with E-state index in [1.54, 1.807) is 12.5 Å². The Labute approximate surface area is 96.4 Å². The van der Waals surface area contributed by atoms with Gasteiger partial charge in [0.15, 0.2) is 0 Å². The van der Waals surface area contributed by atoms with Gasteiger partial charge < -0.3 is 5.73 Å². The molecule has 5 heteroatoms. The molecule has 0 aliphatic heterocycles. The van der Waals surface area contributed by atoms with Crippen LogP contribution >= 0.6 is 10.2 Å². The fourth-order valence-electron chi connectivity index (χ4n) is 2.02. The van der Waals surface area contributed by atoms with Gasteiger partial charge in [-0.2, -0.15) is 0 Å². The molecule has 88 valence electrons. The number of hydrogen-bond acceptors (Lipinski definition) is 3. The summed E-state index contributed by atoms with van der Waals surface area (Å²) < 4.78 is -0.163. The van der Waals surface area contributed by atoms with Crippen LogP contribution in [0.15, 0.2) is 23.1 Å². The molecule has 16 heavy (non-hydrogen) atoms. The number of rotatable bonds is 2. The van der Waals surface area contributed by atoms with Crippen LogP contribution in [0.25, 0.3) is 0 Å². The molecule has 0 amide bonds. The van der Waals surface area contributed by atoms with Crippen LogP contribution in [-0.2, 0) is 6.42 Å². The molecule has 2 N–H and O–H groups in total. The van der Waals surface area contributed by atoms with Gasteiger partial charge in [0.05, 0.1) is 9.22 Å². The van der Waals surface area contributed by atoms with Crippen molar-refractivity contribution in [3.63, 3.8) is 0 Å². The topological polar surface area (TPSA) is 69.2 Å². The van der Waals surface area contributed by atoms with E-state index in [1.165, 1.54) is 5.56 Å². The highest BCUT2D eigenvalue weighted by Gasteiger charge is 2.29. The number of benzene rings is 1. The predicted octanol–water partition coefficient (Wildman–Crippen LogP) is 2.25. The third kappa shape index (κ3) is 1.70. The first kappa shape index (κ1) is 11.4. The molecule has 0 fully saturated rings. The third-order valence-electron chi connectivity index (χ3n) is 3.19. The summed E-state index contributed by atoms with van der Waals surface area (Å²) in [5.41, 5.74) is 8.28. The van der Waals surface area contributed by atoms with Crippen molar-refractivity contribution in [2.24, 2.45) is 5.73 Å². The van der Waals surface area contributed by atoms with Crippen LogP contribution in [0.2, 0.25) is 0 Å². The van der Waals surface area contributed by atoms with Gasteiger partial charge in [-0.15, -0.1) is 0 Å². The molecule has 0 unspecified atom stereocenters. The second kappa shape index (κ2) is 3.75. The van der Waals surface area contributed by atoms with Gasteiger partial charge in [0, 0.05) is 28.8 Å². The van der Waals surface area contributed by atoms with E-state index in [0.717, 1.165) is 23.3 Å². The molecular weight excluding hydrogens is 224 g/mol. The molecule has 0 radical (unpaired) electrons. The highest BCUT2D eigenvalue weighted by molar-refractivity contribution is 8.27. The fraction of sp³-hybridized carbons (Fsp3) is 0.455. The molecule has 1 aromatic carbocycles. The zero-order valence-electron chi connectivity index (χ0n) is 9.47. The minimum absolute atomic E-state index is 0.109. The van der Waals surface area contributed by atoms with Crippen molar-refractivity contribution in [3.05, 3.63) is 39.4 Å². The number of nitrogens with zero attached hydrogens (tertiary/aromatic N) is 1. The standard InChI is InChI=1S/C11H16N2O2S/c1-16(2,13(14)15)9-4-5-10-8(7-9)3-6-11(10)12/h4-5,7,11H,3,6,12H2,1-2H3/t11-/m0/s1. The van der Waals surface area contributed by atoms with E-state index in [-0.39, 0.29) is 10.4 Å². The van der Waals surface area contributed by atoms with Crippen molar-refractivity contribution in [2.45, 2.75) is 23.8 Å². The first-order chi connectivity index (χ1) is 7.43. The van der Waals surface area contributed by atoms with Crippen molar-refractivity contribution >= 4 is 10.2 Å². The highest BCUT2D eigenvalue weighted by Crippen LogP contribution is 2.50. The number of nitrogens with two attached hydrogens (primary N) is 1. The van der Waals surface area contributed by atoms with E-state index in [1.807, 2.05) is 18.2 Å². The van der Waals surface area contributed by atoms with Gasteiger partial charge in [-0.05, 0) is 36.1 Å². The van der Waals surface area contributed by atoms with E-state index < -0.39 is 10.2 Å². The Morgan fingerprint density at radius 3 is 2.81 bits per heavy atom. The summed E-state index contributed by atoms with van der Waals surface area (Å²) in [4.78, 5) is 11.8. The lowest BCUT2D eigenvalue weighted by Gasteiger charge is -2.21. The summed E-state index contributed by atoms with van der Waals surface area (Å²) in [5, 5.41) is 11.0. The van der Waals surface area contributed by atoms with Gasteiger partial charge >= 0.3 is 0 Å². The zero-order chi connectivity index (χ0) is 11.9. The molecule has 0 saturated heterocycles. The van der Waals surface area contributed by atoms with Crippen LogP contribution in [0.5, 0.6) is 0 Å². The summed E-state index contributed by atoms with van der Waals surface area (Å²) >= 11 is 0. The van der Waals surface area contributed by atoms with E-state index in [4.69, 9.17) is 5.73 Å².